The third-order valence-electron chi connectivity index (χ3n) is 4.45. The fourth-order valence-corrected chi connectivity index (χ4v) is 3.30. The van der Waals surface area contributed by atoms with Crippen molar-refractivity contribution in [3.8, 4) is 5.75 Å². The van der Waals surface area contributed by atoms with E-state index in [1.54, 1.807) is 0 Å². The minimum absolute atomic E-state index is 0.221. The van der Waals surface area contributed by atoms with Gasteiger partial charge in [-0.1, -0.05) is 30.7 Å². The lowest BCUT2D eigenvalue weighted by Gasteiger charge is -2.16. The normalized spacial score (nSPS) is 12.5. The number of imidazole rings is 1. The highest BCUT2D eigenvalue weighted by atomic mass is 35.5. The summed E-state index contributed by atoms with van der Waals surface area (Å²) in [4.78, 5) is 4.70. The standard InChI is InChI=1S/C21H25ClN2O2/c1-4-7-20-23-18-8-5-6-9-19(18)24(20)12-16(25)13-26-17-10-14(2)21(22)15(3)11-17/h5-6,8-11,16,25H,4,7,12-13H2,1-3H3/t16-/m0/s1. The largest absolute Gasteiger partial charge is 0.491 e. The Labute approximate surface area is 159 Å². The molecule has 3 rings (SSSR count). The molecule has 0 spiro atoms. The van der Waals surface area contributed by atoms with Crippen molar-refractivity contribution in [1.82, 2.24) is 9.55 Å². The van der Waals surface area contributed by atoms with Crippen LogP contribution < -0.4 is 4.74 Å². The predicted octanol–water partition coefficient (Wildman–Crippen LogP) is 4.70. The maximum atomic E-state index is 10.5. The second kappa shape index (κ2) is 8.11. The van der Waals surface area contributed by atoms with Crippen molar-refractivity contribution in [2.45, 2.75) is 46.3 Å². The number of para-hydroxylation sites is 2. The second-order valence-corrected chi connectivity index (χ2v) is 7.09. The quantitative estimate of drug-likeness (QED) is 0.654. The zero-order chi connectivity index (χ0) is 18.7. The zero-order valence-corrected chi connectivity index (χ0v) is 16.3. The summed E-state index contributed by atoms with van der Waals surface area (Å²) in [5.74, 6) is 1.73. The molecule has 0 fully saturated rings. The second-order valence-electron chi connectivity index (χ2n) is 6.71. The number of aliphatic hydroxyl groups is 1. The lowest BCUT2D eigenvalue weighted by Crippen LogP contribution is -2.24. The number of aliphatic hydroxyl groups excluding tert-OH is 1. The molecule has 0 saturated carbocycles. The molecule has 2 aromatic carbocycles. The molecular weight excluding hydrogens is 348 g/mol. The molecule has 0 aliphatic carbocycles. The van der Waals surface area contributed by atoms with E-state index in [9.17, 15) is 5.11 Å². The molecule has 0 unspecified atom stereocenters. The first kappa shape index (κ1) is 18.7. The van der Waals surface area contributed by atoms with Crippen LogP contribution in [0.4, 0.5) is 0 Å². The fraction of sp³-hybridized carbons (Fsp3) is 0.381. The minimum atomic E-state index is -0.625. The molecule has 1 atom stereocenters. The topological polar surface area (TPSA) is 47.3 Å². The highest BCUT2D eigenvalue weighted by molar-refractivity contribution is 6.32. The van der Waals surface area contributed by atoms with Crippen molar-refractivity contribution in [3.05, 3.63) is 58.4 Å². The number of rotatable bonds is 7. The van der Waals surface area contributed by atoms with Gasteiger partial charge in [0.15, 0.2) is 0 Å². The lowest BCUT2D eigenvalue weighted by molar-refractivity contribution is 0.0926. The molecule has 0 bridgehead atoms. The minimum Gasteiger partial charge on any atom is -0.491 e. The van der Waals surface area contributed by atoms with Gasteiger partial charge in [-0.15, -0.1) is 0 Å². The van der Waals surface area contributed by atoms with Crippen LogP contribution in [-0.4, -0.2) is 27.4 Å². The molecule has 0 aliphatic heterocycles. The molecule has 138 valence electrons. The van der Waals surface area contributed by atoms with Gasteiger partial charge < -0.3 is 14.4 Å². The Hall–Kier alpha value is -2.04. The number of fused-ring (bicyclic) bond motifs is 1. The van der Waals surface area contributed by atoms with Crippen LogP contribution in [0.15, 0.2) is 36.4 Å². The number of hydrogen-bond acceptors (Lipinski definition) is 3. The molecule has 1 aromatic heterocycles. The predicted molar refractivity (Wildman–Crippen MR) is 106 cm³/mol. The number of ether oxygens (including phenoxy) is 1. The van der Waals surface area contributed by atoms with Crippen LogP contribution in [-0.2, 0) is 13.0 Å². The third-order valence-corrected chi connectivity index (χ3v) is 5.05. The molecule has 1 N–H and O–H groups in total. The Morgan fingerprint density at radius 2 is 1.88 bits per heavy atom. The van der Waals surface area contributed by atoms with E-state index in [2.05, 4.69) is 11.5 Å². The van der Waals surface area contributed by atoms with Crippen LogP contribution in [0.25, 0.3) is 11.0 Å². The van der Waals surface area contributed by atoms with E-state index in [0.29, 0.717) is 6.54 Å². The Morgan fingerprint density at radius 3 is 2.58 bits per heavy atom. The molecule has 4 nitrogen and oxygen atoms in total. The van der Waals surface area contributed by atoms with Crippen LogP contribution in [0.1, 0.15) is 30.3 Å². The molecule has 3 aromatic rings. The summed E-state index contributed by atoms with van der Waals surface area (Å²) >= 11 is 6.19. The van der Waals surface area contributed by atoms with Crippen LogP contribution in [0.5, 0.6) is 5.75 Å². The van der Waals surface area contributed by atoms with Gasteiger partial charge in [0.25, 0.3) is 0 Å². The van der Waals surface area contributed by atoms with Crippen molar-refractivity contribution in [1.29, 1.82) is 0 Å². The lowest BCUT2D eigenvalue weighted by atomic mass is 10.1. The summed E-state index contributed by atoms with van der Waals surface area (Å²) in [5, 5.41) is 11.3. The maximum Gasteiger partial charge on any atom is 0.120 e. The smallest absolute Gasteiger partial charge is 0.120 e. The average Bonchev–Trinajstić information content (AvgIpc) is 2.95. The van der Waals surface area contributed by atoms with Crippen molar-refractivity contribution >= 4 is 22.6 Å². The SMILES string of the molecule is CCCc1nc2ccccc2n1C[C@H](O)COc1cc(C)c(Cl)c(C)c1. The van der Waals surface area contributed by atoms with Crippen LogP contribution in [0.3, 0.4) is 0 Å². The molecule has 0 radical (unpaired) electrons. The van der Waals surface area contributed by atoms with Crippen molar-refractivity contribution in [2.24, 2.45) is 0 Å². The molecule has 1 heterocycles. The van der Waals surface area contributed by atoms with Crippen molar-refractivity contribution in [2.75, 3.05) is 6.61 Å². The van der Waals surface area contributed by atoms with E-state index in [1.807, 2.05) is 50.2 Å². The Balaban J connectivity index is 1.73. The van der Waals surface area contributed by atoms with Crippen molar-refractivity contribution < 1.29 is 9.84 Å². The number of aryl methyl sites for hydroxylation is 3. The Morgan fingerprint density at radius 1 is 1.19 bits per heavy atom. The van der Waals surface area contributed by atoms with E-state index in [4.69, 9.17) is 21.3 Å². The molecule has 5 heteroatoms. The van der Waals surface area contributed by atoms with Gasteiger partial charge >= 0.3 is 0 Å². The van der Waals surface area contributed by atoms with Gasteiger partial charge in [-0.25, -0.2) is 4.98 Å². The van der Waals surface area contributed by atoms with Gasteiger partial charge in [-0.3, -0.25) is 0 Å². The number of benzene rings is 2. The highest BCUT2D eigenvalue weighted by Crippen LogP contribution is 2.26. The summed E-state index contributed by atoms with van der Waals surface area (Å²) < 4.78 is 7.91. The van der Waals surface area contributed by atoms with Crippen LogP contribution >= 0.6 is 11.6 Å². The van der Waals surface area contributed by atoms with Crippen LogP contribution in [0.2, 0.25) is 5.02 Å². The molecular formula is C21H25ClN2O2. The average molecular weight is 373 g/mol. The molecule has 0 amide bonds. The van der Waals surface area contributed by atoms with E-state index in [-0.39, 0.29) is 6.61 Å². The molecule has 0 saturated heterocycles. The van der Waals surface area contributed by atoms with E-state index in [0.717, 1.165) is 51.6 Å². The number of hydrogen-bond donors (Lipinski definition) is 1. The van der Waals surface area contributed by atoms with Gasteiger partial charge in [0.1, 0.15) is 24.3 Å². The number of nitrogens with zero attached hydrogens (tertiary/aromatic N) is 2. The summed E-state index contributed by atoms with van der Waals surface area (Å²) in [6.07, 6.45) is 1.27. The number of halogens is 1. The third kappa shape index (κ3) is 4.02. The molecule has 26 heavy (non-hydrogen) atoms. The highest BCUT2D eigenvalue weighted by Gasteiger charge is 2.14. The van der Waals surface area contributed by atoms with E-state index >= 15 is 0 Å². The van der Waals surface area contributed by atoms with Crippen LogP contribution in [0, 0.1) is 13.8 Å². The summed E-state index contributed by atoms with van der Waals surface area (Å²) in [7, 11) is 0. The first-order valence-electron chi connectivity index (χ1n) is 9.01. The summed E-state index contributed by atoms with van der Waals surface area (Å²) in [6.45, 7) is 6.72. The van der Waals surface area contributed by atoms with Gasteiger partial charge in [0, 0.05) is 11.4 Å². The maximum absolute atomic E-state index is 10.5. The van der Waals surface area contributed by atoms with Gasteiger partial charge in [-0.2, -0.15) is 0 Å². The Kier molecular flexibility index (Phi) is 5.84. The summed E-state index contributed by atoms with van der Waals surface area (Å²) in [5.41, 5.74) is 3.96. The first-order chi connectivity index (χ1) is 12.5. The Bertz CT molecular complexity index is 881. The zero-order valence-electron chi connectivity index (χ0n) is 15.5. The molecule has 0 aliphatic rings. The van der Waals surface area contributed by atoms with Gasteiger partial charge in [0.05, 0.1) is 17.6 Å². The van der Waals surface area contributed by atoms with E-state index < -0.39 is 6.10 Å². The summed E-state index contributed by atoms with van der Waals surface area (Å²) in [6, 6.07) is 11.8. The fourth-order valence-electron chi connectivity index (χ4n) is 3.19. The van der Waals surface area contributed by atoms with E-state index in [1.165, 1.54) is 0 Å². The van der Waals surface area contributed by atoms with Gasteiger partial charge in [-0.05, 0) is 55.7 Å². The van der Waals surface area contributed by atoms with Crippen molar-refractivity contribution in [3.63, 3.8) is 0 Å². The number of aromatic nitrogens is 2. The first-order valence-corrected chi connectivity index (χ1v) is 9.39. The van der Waals surface area contributed by atoms with Gasteiger partial charge in [0.2, 0.25) is 0 Å². The monoisotopic (exact) mass is 372 g/mol.